The van der Waals surface area contributed by atoms with Gasteiger partial charge in [-0.05, 0) is 45.4 Å². The first-order chi connectivity index (χ1) is 22.1. The van der Waals surface area contributed by atoms with Crippen LogP contribution in [-0.2, 0) is 20.4 Å². The summed E-state index contributed by atoms with van der Waals surface area (Å²) in [6.45, 7) is 10.6. The van der Waals surface area contributed by atoms with Crippen molar-refractivity contribution in [2.24, 2.45) is 0 Å². The molecule has 2 aromatic heterocycles. The lowest BCUT2D eigenvalue weighted by atomic mass is 10.0. The van der Waals surface area contributed by atoms with Crippen LogP contribution < -0.4 is 20.7 Å². The summed E-state index contributed by atoms with van der Waals surface area (Å²) >= 11 is 6.17. The van der Waals surface area contributed by atoms with Gasteiger partial charge in [-0.3, -0.25) is 14.2 Å². The van der Waals surface area contributed by atoms with E-state index in [1.54, 1.807) is 30.2 Å². The van der Waals surface area contributed by atoms with E-state index in [0.29, 0.717) is 69.8 Å². The highest BCUT2D eigenvalue weighted by Gasteiger charge is 2.41. The molecule has 0 spiro atoms. The van der Waals surface area contributed by atoms with Crippen molar-refractivity contribution in [2.45, 2.75) is 57.9 Å². The Morgan fingerprint density at radius 1 is 1.04 bits per heavy atom. The molecule has 0 aliphatic carbocycles. The van der Waals surface area contributed by atoms with E-state index in [1.807, 2.05) is 16.7 Å². The fourth-order valence-electron chi connectivity index (χ4n) is 6.21. The van der Waals surface area contributed by atoms with Crippen LogP contribution in [0.15, 0.2) is 23.0 Å². The molecule has 2 saturated heterocycles. The first kappa shape index (κ1) is 32.9. The molecule has 3 aliphatic heterocycles. The van der Waals surface area contributed by atoms with Crippen molar-refractivity contribution in [3.63, 3.8) is 0 Å². The maximum absolute atomic E-state index is 14.2. The lowest BCUT2D eigenvalue weighted by Gasteiger charge is -2.37. The number of alkyl halides is 3. The molecular formula is C30H36ClF3N8O5. The summed E-state index contributed by atoms with van der Waals surface area (Å²) in [5.74, 6) is -0.324. The third kappa shape index (κ3) is 6.44. The summed E-state index contributed by atoms with van der Waals surface area (Å²) in [5, 5.41) is 7.00. The number of carbonyl (C=O) groups excluding carboxylic acids is 2. The van der Waals surface area contributed by atoms with Crippen LogP contribution >= 0.6 is 11.6 Å². The quantitative estimate of drug-likeness (QED) is 0.433. The zero-order valence-corrected chi connectivity index (χ0v) is 27.2. The molecule has 0 bridgehead atoms. The van der Waals surface area contributed by atoms with Gasteiger partial charge in [-0.1, -0.05) is 18.5 Å². The number of fused-ring (bicyclic) bond motifs is 3. The average molecular weight is 681 g/mol. The van der Waals surface area contributed by atoms with Crippen LogP contribution in [0.3, 0.4) is 0 Å². The summed E-state index contributed by atoms with van der Waals surface area (Å²) in [4.78, 5) is 50.9. The van der Waals surface area contributed by atoms with Gasteiger partial charge in [0.15, 0.2) is 0 Å². The molecule has 2 atom stereocenters. The van der Waals surface area contributed by atoms with Gasteiger partial charge in [0.05, 0.1) is 35.2 Å². The smallest absolute Gasteiger partial charge is 0.416 e. The average Bonchev–Trinajstić information content (AvgIpc) is 3.60. The zero-order valence-electron chi connectivity index (χ0n) is 26.4. The molecule has 0 saturated carbocycles. The van der Waals surface area contributed by atoms with E-state index in [0.717, 1.165) is 18.2 Å². The summed E-state index contributed by atoms with van der Waals surface area (Å²) < 4.78 is 53.6. The second-order valence-electron chi connectivity index (χ2n) is 12.9. The number of nitrogens with zero attached hydrogens (tertiary/aromatic N) is 7. The van der Waals surface area contributed by atoms with Crippen LogP contribution in [0.25, 0.3) is 5.78 Å². The summed E-state index contributed by atoms with van der Waals surface area (Å²) in [5.41, 5.74) is -1.02. The van der Waals surface area contributed by atoms with Crippen LogP contribution in [0.2, 0.25) is 5.02 Å². The Balaban J connectivity index is 1.38. The first-order valence-electron chi connectivity index (χ1n) is 15.4. The number of rotatable bonds is 4. The van der Waals surface area contributed by atoms with E-state index in [4.69, 9.17) is 26.1 Å². The predicted molar refractivity (Wildman–Crippen MR) is 167 cm³/mol. The number of piperazine rings is 1. The molecule has 254 valence electrons. The molecule has 1 N–H and O–H groups in total. The maximum atomic E-state index is 14.2. The van der Waals surface area contributed by atoms with Gasteiger partial charge in [-0.15, -0.1) is 5.10 Å². The number of amides is 2. The van der Waals surface area contributed by atoms with Crippen molar-refractivity contribution in [1.29, 1.82) is 0 Å². The van der Waals surface area contributed by atoms with Crippen molar-refractivity contribution in [3.8, 4) is 0 Å². The number of hydrogen-bond donors (Lipinski definition) is 1. The fourth-order valence-corrected chi connectivity index (χ4v) is 6.44. The van der Waals surface area contributed by atoms with Crippen molar-refractivity contribution in [1.82, 2.24) is 24.1 Å². The molecule has 5 heterocycles. The Bertz CT molecular complexity index is 1760. The Morgan fingerprint density at radius 2 is 1.72 bits per heavy atom. The van der Waals surface area contributed by atoms with Crippen molar-refractivity contribution < 1.29 is 32.2 Å². The van der Waals surface area contributed by atoms with E-state index in [1.165, 1.54) is 4.52 Å². The number of hydrogen-bond acceptors (Lipinski definition) is 9. The molecule has 2 fully saturated rings. The van der Waals surface area contributed by atoms with Crippen LogP contribution in [0, 0.1) is 0 Å². The molecule has 17 heteroatoms. The number of carbonyl (C=O) groups is 2. The number of benzene rings is 1. The monoisotopic (exact) mass is 680 g/mol. The largest absolute Gasteiger partial charge is 0.444 e. The van der Waals surface area contributed by atoms with Crippen LogP contribution in [0.4, 0.5) is 35.3 Å². The highest BCUT2D eigenvalue weighted by Crippen LogP contribution is 2.42. The van der Waals surface area contributed by atoms with Gasteiger partial charge in [-0.2, -0.15) is 22.7 Å². The fraction of sp³-hybridized carbons (Fsp3) is 0.567. The van der Waals surface area contributed by atoms with Gasteiger partial charge in [-0.25, -0.2) is 4.79 Å². The zero-order chi connectivity index (χ0) is 33.8. The number of halogens is 4. The van der Waals surface area contributed by atoms with E-state index < -0.39 is 40.9 Å². The normalized spacial score (nSPS) is 20.5. The van der Waals surface area contributed by atoms with E-state index in [2.05, 4.69) is 10.4 Å². The van der Waals surface area contributed by atoms with Gasteiger partial charge >= 0.3 is 12.3 Å². The van der Waals surface area contributed by atoms with Gasteiger partial charge in [0.25, 0.3) is 5.56 Å². The molecule has 1 aromatic carbocycles. The lowest BCUT2D eigenvalue weighted by molar-refractivity contribution is -0.137. The van der Waals surface area contributed by atoms with Crippen LogP contribution in [0.5, 0.6) is 0 Å². The second kappa shape index (κ2) is 12.2. The van der Waals surface area contributed by atoms with Crippen molar-refractivity contribution in [2.75, 3.05) is 67.6 Å². The summed E-state index contributed by atoms with van der Waals surface area (Å²) in [6, 6.07) is 1.85. The summed E-state index contributed by atoms with van der Waals surface area (Å²) in [6.07, 6.45) is -4.74. The van der Waals surface area contributed by atoms with Crippen molar-refractivity contribution in [3.05, 3.63) is 44.8 Å². The Labute approximate surface area is 273 Å². The van der Waals surface area contributed by atoms with Gasteiger partial charge in [0, 0.05) is 45.2 Å². The highest BCUT2D eigenvalue weighted by molar-refractivity contribution is 6.33. The minimum absolute atomic E-state index is 0.0248. The Morgan fingerprint density at radius 3 is 2.34 bits per heavy atom. The van der Waals surface area contributed by atoms with E-state index in [9.17, 15) is 27.6 Å². The minimum atomic E-state index is -4.59. The molecule has 0 radical (unpaired) electrons. The summed E-state index contributed by atoms with van der Waals surface area (Å²) in [7, 11) is 0. The lowest BCUT2D eigenvalue weighted by Crippen LogP contribution is -2.51. The third-order valence-electron chi connectivity index (χ3n) is 8.45. The highest BCUT2D eigenvalue weighted by atomic mass is 35.5. The van der Waals surface area contributed by atoms with Gasteiger partial charge in [0.2, 0.25) is 17.6 Å². The molecule has 3 aromatic rings. The number of anilines is 3. The van der Waals surface area contributed by atoms with E-state index in [-0.39, 0.29) is 28.8 Å². The second-order valence-corrected chi connectivity index (χ2v) is 13.3. The van der Waals surface area contributed by atoms with E-state index >= 15 is 0 Å². The maximum Gasteiger partial charge on any atom is 0.416 e. The number of ether oxygens (including phenoxy) is 2. The standard InChI is InChI=1S/C30H36ClF3N8O5/c1-17-15-21(24(43)35-20-6-5-18(16-19(20)31)30(32,33)34)41-22(17)23(38-7-9-40(10-8-38)28(45)47-29(2,3)4)25(44)42-27(41)36-26(37-42)39-11-13-46-14-12-39/h5-6,16-17,21H,7-15H2,1-4H3,(H,35,43). The molecule has 6 rings (SSSR count). The molecule has 13 nitrogen and oxygen atoms in total. The molecule has 2 amide bonds. The molecular weight excluding hydrogens is 645 g/mol. The number of aromatic nitrogens is 4. The predicted octanol–water partition coefficient (Wildman–Crippen LogP) is 4.14. The molecule has 3 aliphatic rings. The van der Waals surface area contributed by atoms with Gasteiger partial charge < -0.3 is 29.5 Å². The van der Waals surface area contributed by atoms with Gasteiger partial charge in [0.1, 0.15) is 17.3 Å². The number of morpholine rings is 1. The molecule has 47 heavy (non-hydrogen) atoms. The SMILES string of the molecule is CC1CC(C(=O)Nc2ccc(C(F)(F)F)cc2Cl)n2c1c(N1CCN(C(=O)OC(C)(C)C)CC1)c(=O)n1nc(N3CCOCC3)nc21. The Kier molecular flexibility index (Phi) is 8.53. The molecule has 2 unspecified atom stereocenters. The first-order valence-corrected chi connectivity index (χ1v) is 15.8. The topological polar surface area (TPSA) is 127 Å². The number of nitrogens with one attached hydrogen (secondary N) is 1. The van der Waals surface area contributed by atoms with Crippen LogP contribution in [-0.4, -0.2) is 94.1 Å². The van der Waals surface area contributed by atoms with Crippen LogP contribution in [0.1, 0.15) is 57.3 Å². The van der Waals surface area contributed by atoms with Crippen molar-refractivity contribution >= 4 is 46.7 Å². The third-order valence-corrected chi connectivity index (χ3v) is 8.76. The Hall–Kier alpha value is -4.05. The minimum Gasteiger partial charge on any atom is -0.444 e.